The van der Waals surface area contributed by atoms with Gasteiger partial charge in [-0.3, -0.25) is 0 Å². The Morgan fingerprint density at radius 2 is 2.42 bits per heavy atom. The molecular formula is C10H15NS. The molecule has 1 aromatic heterocycles. The number of thiazole rings is 1. The second-order valence-electron chi connectivity index (χ2n) is 3.74. The van der Waals surface area contributed by atoms with E-state index >= 15 is 0 Å². The van der Waals surface area contributed by atoms with Crippen molar-refractivity contribution >= 4 is 11.3 Å². The third kappa shape index (κ3) is 1.53. The largest absolute Gasteiger partial charge is 0.246 e. The Bertz CT molecular complexity index is 267. The molecule has 2 heteroatoms. The summed E-state index contributed by atoms with van der Waals surface area (Å²) in [6.07, 6.45) is 3.73. The molecule has 1 aliphatic carbocycles. The fraction of sp³-hybridized carbons (Fsp3) is 0.700. The molecule has 0 bridgehead atoms. The smallest absolute Gasteiger partial charge is 0.0928 e. The molecule has 0 aliphatic heterocycles. The third-order valence-corrected chi connectivity index (χ3v) is 3.45. The first-order chi connectivity index (χ1) is 5.81. The standard InChI is InChI=1S/C10H15NS/c1-3-4-10-11-9(6-12-10)8-5-7(8)2/h6-8H,3-5H2,1-2H3. The second kappa shape index (κ2) is 3.17. The molecule has 1 nitrogen and oxygen atoms in total. The van der Waals surface area contributed by atoms with Crippen LogP contribution in [0.25, 0.3) is 0 Å². The quantitative estimate of drug-likeness (QED) is 0.697. The van der Waals surface area contributed by atoms with Gasteiger partial charge in [-0.1, -0.05) is 13.8 Å². The molecule has 12 heavy (non-hydrogen) atoms. The van der Waals surface area contributed by atoms with Crippen LogP contribution in [0.15, 0.2) is 5.38 Å². The van der Waals surface area contributed by atoms with E-state index in [0.29, 0.717) is 0 Å². The van der Waals surface area contributed by atoms with Crippen LogP contribution < -0.4 is 0 Å². The summed E-state index contributed by atoms with van der Waals surface area (Å²) in [6.45, 7) is 4.52. The molecule has 66 valence electrons. The predicted molar refractivity (Wildman–Crippen MR) is 52.6 cm³/mol. The van der Waals surface area contributed by atoms with Crippen molar-refractivity contribution in [3.63, 3.8) is 0 Å². The molecule has 0 aromatic carbocycles. The molecule has 1 aromatic rings. The van der Waals surface area contributed by atoms with E-state index in [1.165, 1.54) is 23.5 Å². The van der Waals surface area contributed by atoms with E-state index in [0.717, 1.165) is 18.3 Å². The van der Waals surface area contributed by atoms with E-state index in [1.54, 1.807) is 0 Å². The first-order valence-corrected chi connectivity index (χ1v) is 5.63. The average molecular weight is 181 g/mol. The Morgan fingerprint density at radius 1 is 1.67 bits per heavy atom. The van der Waals surface area contributed by atoms with E-state index in [-0.39, 0.29) is 0 Å². The molecule has 0 N–H and O–H groups in total. The normalized spacial score (nSPS) is 27.5. The molecule has 1 saturated carbocycles. The van der Waals surface area contributed by atoms with E-state index in [9.17, 15) is 0 Å². The highest BCUT2D eigenvalue weighted by molar-refractivity contribution is 7.09. The van der Waals surface area contributed by atoms with Gasteiger partial charge >= 0.3 is 0 Å². The molecule has 0 radical (unpaired) electrons. The van der Waals surface area contributed by atoms with E-state index in [4.69, 9.17) is 0 Å². The number of hydrogen-bond donors (Lipinski definition) is 0. The fourth-order valence-corrected chi connectivity index (χ4v) is 2.52. The topological polar surface area (TPSA) is 12.9 Å². The molecule has 0 saturated heterocycles. The summed E-state index contributed by atoms with van der Waals surface area (Å²) in [4.78, 5) is 4.63. The fourth-order valence-electron chi connectivity index (χ4n) is 1.56. The highest BCUT2D eigenvalue weighted by atomic mass is 32.1. The number of hydrogen-bond acceptors (Lipinski definition) is 2. The van der Waals surface area contributed by atoms with Crippen molar-refractivity contribution in [1.29, 1.82) is 0 Å². The van der Waals surface area contributed by atoms with Gasteiger partial charge in [0.25, 0.3) is 0 Å². The summed E-state index contributed by atoms with van der Waals surface area (Å²) in [6, 6.07) is 0. The summed E-state index contributed by atoms with van der Waals surface area (Å²) >= 11 is 1.83. The monoisotopic (exact) mass is 181 g/mol. The van der Waals surface area contributed by atoms with Crippen LogP contribution in [-0.2, 0) is 6.42 Å². The van der Waals surface area contributed by atoms with E-state index < -0.39 is 0 Å². The summed E-state index contributed by atoms with van der Waals surface area (Å²) in [5, 5.41) is 3.57. The van der Waals surface area contributed by atoms with Gasteiger partial charge in [0.15, 0.2) is 0 Å². The van der Waals surface area contributed by atoms with Crippen LogP contribution in [0, 0.1) is 5.92 Å². The van der Waals surface area contributed by atoms with Crippen LogP contribution in [0.2, 0.25) is 0 Å². The Morgan fingerprint density at radius 3 is 3.00 bits per heavy atom. The van der Waals surface area contributed by atoms with Gasteiger partial charge in [0.2, 0.25) is 0 Å². The maximum absolute atomic E-state index is 4.63. The molecule has 2 rings (SSSR count). The molecular weight excluding hydrogens is 166 g/mol. The maximum atomic E-state index is 4.63. The molecule has 2 unspecified atom stereocenters. The van der Waals surface area contributed by atoms with Crippen LogP contribution in [0.1, 0.15) is 43.3 Å². The molecule has 0 spiro atoms. The minimum atomic E-state index is 0.798. The minimum absolute atomic E-state index is 0.798. The van der Waals surface area contributed by atoms with Crippen molar-refractivity contribution in [3.05, 3.63) is 16.1 Å². The van der Waals surface area contributed by atoms with Gasteiger partial charge in [0.1, 0.15) is 0 Å². The van der Waals surface area contributed by atoms with E-state index in [1.807, 2.05) is 11.3 Å². The van der Waals surface area contributed by atoms with Crippen molar-refractivity contribution in [1.82, 2.24) is 4.98 Å². The lowest BCUT2D eigenvalue weighted by Crippen LogP contribution is -1.84. The van der Waals surface area contributed by atoms with Crippen LogP contribution in [0.5, 0.6) is 0 Å². The van der Waals surface area contributed by atoms with E-state index in [2.05, 4.69) is 24.2 Å². The average Bonchev–Trinajstić information content (AvgIpc) is 2.62. The summed E-state index contributed by atoms with van der Waals surface area (Å²) < 4.78 is 0. The second-order valence-corrected chi connectivity index (χ2v) is 4.68. The van der Waals surface area contributed by atoms with Crippen LogP contribution in [0.4, 0.5) is 0 Å². The number of aryl methyl sites for hydroxylation is 1. The van der Waals surface area contributed by atoms with Gasteiger partial charge in [-0.05, 0) is 25.2 Å². The zero-order chi connectivity index (χ0) is 8.55. The van der Waals surface area contributed by atoms with Crippen LogP contribution in [-0.4, -0.2) is 4.98 Å². The van der Waals surface area contributed by atoms with Crippen molar-refractivity contribution in [3.8, 4) is 0 Å². The SMILES string of the molecule is CCCc1nc(C2CC2C)cs1. The zero-order valence-corrected chi connectivity index (χ0v) is 8.53. The van der Waals surface area contributed by atoms with Crippen molar-refractivity contribution in [2.24, 2.45) is 5.92 Å². The summed E-state index contributed by atoms with van der Waals surface area (Å²) in [5.41, 5.74) is 1.36. The van der Waals surface area contributed by atoms with Gasteiger partial charge in [0, 0.05) is 11.3 Å². The molecule has 1 heterocycles. The Balaban J connectivity index is 2.04. The minimum Gasteiger partial charge on any atom is -0.246 e. The van der Waals surface area contributed by atoms with Crippen molar-refractivity contribution in [2.75, 3.05) is 0 Å². The predicted octanol–water partition coefficient (Wildman–Crippen LogP) is 3.22. The Hall–Kier alpha value is -0.370. The maximum Gasteiger partial charge on any atom is 0.0928 e. The highest BCUT2D eigenvalue weighted by Crippen LogP contribution is 2.46. The first-order valence-electron chi connectivity index (χ1n) is 4.75. The Kier molecular flexibility index (Phi) is 2.18. The van der Waals surface area contributed by atoms with Gasteiger partial charge in [-0.25, -0.2) is 4.98 Å². The number of aromatic nitrogens is 1. The van der Waals surface area contributed by atoms with Crippen LogP contribution >= 0.6 is 11.3 Å². The van der Waals surface area contributed by atoms with Crippen molar-refractivity contribution in [2.45, 2.75) is 39.0 Å². The lowest BCUT2D eigenvalue weighted by atomic mass is 10.3. The highest BCUT2D eigenvalue weighted by Gasteiger charge is 2.35. The van der Waals surface area contributed by atoms with Gasteiger partial charge in [-0.2, -0.15) is 0 Å². The first kappa shape index (κ1) is 8.24. The lowest BCUT2D eigenvalue weighted by Gasteiger charge is -1.89. The molecule has 0 amide bonds. The molecule has 1 fully saturated rings. The third-order valence-electron chi connectivity index (χ3n) is 2.52. The van der Waals surface area contributed by atoms with Gasteiger partial charge in [-0.15, -0.1) is 11.3 Å². The number of rotatable bonds is 3. The zero-order valence-electron chi connectivity index (χ0n) is 7.71. The van der Waals surface area contributed by atoms with Gasteiger partial charge < -0.3 is 0 Å². The number of nitrogens with zero attached hydrogens (tertiary/aromatic N) is 1. The summed E-state index contributed by atoms with van der Waals surface area (Å²) in [7, 11) is 0. The van der Waals surface area contributed by atoms with Crippen LogP contribution in [0.3, 0.4) is 0 Å². The summed E-state index contributed by atoms with van der Waals surface area (Å²) in [5.74, 6) is 1.69. The van der Waals surface area contributed by atoms with Gasteiger partial charge in [0.05, 0.1) is 10.7 Å². The Labute approximate surface area is 77.8 Å². The lowest BCUT2D eigenvalue weighted by molar-refractivity contribution is 0.861. The van der Waals surface area contributed by atoms with Crippen molar-refractivity contribution < 1.29 is 0 Å². The molecule has 2 atom stereocenters. The molecule has 1 aliphatic rings.